The molecule has 1 atom stereocenters. The van der Waals surface area contributed by atoms with E-state index in [1.807, 2.05) is 11.4 Å². The number of aromatic amines is 1. The van der Waals surface area contributed by atoms with Gasteiger partial charge < -0.3 is 5.32 Å². The normalized spacial score (nSPS) is 12.1. The van der Waals surface area contributed by atoms with Gasteiger partial charge in [-0.05, 0) is 24.4 Å². The van der Waals surface area contributed by atoms with Crippen LogP contribution in [-0.4, -0.2) is 27.9 Å². The standard InChI is InChI=1S/C12H13N3O2S/c1-8(7-10(16)11-3-2-6-18-11)14-12(17)9-4-5-13-15-9/h2-6,8H,7H2,1H3,(H,13,15)(H,14,17)/t8-/m0/s1. The zero-order valence-corrected chi connectivity index (χ0v) is 10.7. The van der Waals surface area contributed by atoms with E-state index in [-0.39, 0.29) is 17.7 Å². The Bertz CT molecular complexity index is 471. The Morgan fingerprint density at radius 1 is 1.50 bits per heavy atom. The second-order valence-corrected chi connectivity index (χ2v) is 4.90. The number of amides is 1. The first-order valence-electron chi connectivity index (χ1n) is 5.54. The molecule has 6 heteroatoms. The first-order chi connectivity index (χ1) is 8.66. The van der Waals surface area contributed by atoms with E-state index >= 15 is 0 Å². The summed E-state index contributed by atoms with van der Waals surface area (Å²) in [6, 6.07) is 5.00. The van der Waals surface area contributed by atoms with Gasteiger partial charge in [0.2, 0.25) is 0 Å². The number of Topliss-reactive ketones (excluding diaryl/α,β-unsaturated/α-hetero) is 1. The van der Waals surface area contributed by atoms with Crippen LogP contribution in [0.1, 0.15) is 33.5 Å². The van der Waals surface area contributed by atoms with Crippen LogP contribution >= 0.6 is 11.3 Å². The summed E-state index contributed by atoms with van der Waals surface area (Å²) in [6.45, 7) is 1.81. The molecule has 0 unspecified atom stereocenters. The lowest BCUT2D eigenvalue weighted by Crippen LogP contribution is -2.34. The SMILES string of the molecule is C[C@@H](CC(=O)c1cccs1)NC(=O)c1ccn[nH]1. The molecule has 2 heterocycles. The quantitative estimate of drug-likeness (QED) is 0.808. The van der Waals surface area contributed by atoms with Crippen molar-refractivity contribution in [2.24, 2.45) is 0 Å². The number of nitrogens with zero attached hydrogens (tertiary/aromatic N) is 1. The lowest BCUT2D eigenvalue weighted by Gasteiger charge is -2.11. The van der Waals surface area contributed by atoms with Crippen LogP contribution < -0.4 is 5.32 Å². The van der Waals surface area contributed by atoms with Crippen LogP contribution in [0.15, 0.2) is 29.8 Å². The van der Waals surface area contributed by atoms with Crippen molar-refractivity contribution in [2.45, 2.75) is 19.4 Å². The number of hydrogen-bond donors (Lipinski definition) is 2. The minimum atomic E-state index is -0.251. The minimum Gasteiger partial charge on any atom is -0.348 e. The number of carbonyl (C=O) groups is 2. The van der Waals surface area contributed by atoms with Crippen molar-refractivity contribution in [3.63, 3.8) is 0 Å². The fourth-order valence-corrected chi connectivity index (χ4v) is 2.23. The number of carbonyl (C=O) groups excluding carboxylic acids is 2. The van der Waals surface area contributed by atoms with Gasteiger partial charge in [0.1, 0.15) is 5.69 Å². The van der Waals surface area contributed by atoms with E-state index in [1.54, 1.807) is 19.1 Å². The first-order valence-corrected chi connectivity index (χ1v) is 6.41. The molecule has 0 aromatic carbocycles. The lowest BCUT2D eigenvalue weighted by molar-refractivity contribution is 0.0915. The van der Waals surface area contributed by atoms with Crippen LogP contribution in [0.3, 0.4) is 0 Å². The molecule has 0 fully saturated rings. The van der Waals surface area contributed by atoms with Gasteiger partial charge in [-0.1, -0.05) is 6.07 Å². The van der Waals surface area contributed by atoms with Gasteiger partial charge in [0, 0.05) is 18.7 Å². The van der Waals surface area contributed by atoms with Gasteiger partial charge in [0.25, 0.3) is 5.91 Å². The van der Waals surface area contributed by atoms with Crippen LogP contribution in [0, 0.1) is 0 Å². The largest absolute Gasteiger partial charge is 0.348 e. The number of aromatic nitrogens is 2. The number of rotatable bonds is 5. The van der Waals surface area contributed by atoms with Crippen molar-refractivity contribution < 1.29 is 9.59 Å². The van der Waals surface area contributed by atoms with E-state index in [9.17, 15) is 9.59 Å². The van der Waals surface area contributed by atoms with Gasteiger partial charge in [0.05, 0.1) is 4.88 Å². The van der Waals surface area contributed by atoms with E-state index in [0.717, 1.165) is 4.88 Å². The van der Waals surface area contributed by atoms with Crippen molar-refractivity contribution in [1.82, 2.24) is 15.5 Å². The van der Waals surface area contributed by atoms with Crippen molar-refractivity contribution in [1.29, 1.82) is 0 Å². The Labute approximate surface area is 108 Å². The third kappa shape index (κ3) is 3.04. The highest BCUT2D eigenvalue weighted by Gasteiger charge is 2.15. The van der Waals surface area contributed by atoms with E-state index in [0.29, 0.717) is 12.1 Å². The highest BCUT2D eigenvalue weighted by molar-refractivity contribution is 7.12. The molecular formula is C12H13N3O2S. The van der Waals surface area contributed by atoms with Crippen molar-refractivity contribution >= 4 is 23.0 Å². The van der Waals surface area contributed by atoms with Crippen LogP contribution in [-0.2, 0) is 0 Å². The van der Waals surface area contributed by atoms with Gasteiger partial charge in [0.15, 0.2) is 5.78 Å². The summed E-state index contributed by atoms with van der Waals surface area (Å²) >= 11 is 1.41. The molecule has 0 bridgehead atoms. The van der Waals surface area contributed by atoms with Gasteiger partial charge in [-0.15, -0.1) is 11.3 Å². The van der Waals surface area contributed by atoms with Crippen molar-refractivity contribution in [2.75, 3.05) is 0 Å². The maximum atomic E-state index is 11.8. The van der Waals surface area contributed by atoms with Gasteiger partial charge in [-0.25, -0.2) is 0 Å². The second kappa shape index (κ2) is 5.59. The number of ketones is 1. The fraction of sp³-hybridized carbons (Fsp3) is 0.250. The third-order valence-corrected chi connectivity index (χ3v) is 3.32. The van der Waals surface area contributed by atoms with Crippen molar-refractivity contribution in [3.05, 3.63) is 40.3 Å². The summed E-state index contributed by atoms with van der Waals surface area (Å²) < 4.78 is 0. The zero-order chi connectivity index (χ0) is 13.0. The topological polar surface area (TPSA) is 74.8 Å². The summed E-state index contributed by atoms with van der Waals surface area (Å²) in [5, 5.41) is 10.9. The molecule has 1 amide bonds. The van der Waals surface area contributed by atoms with E-state index in [1.165, 1.54) is 17.5 Å². The summed E-state index contributed by atoms with van der Waals surface area (Å²) in [7, 11) is 0. The Balaban J connectivity index is 1.87. The number of nitrogens with one attached hydrogen (secondary N) is 2. The molecule has 2 aromatic rings. The average molecular weight is 263 g/mol. The molecule has 0 saturated carbocycles. The molecule has 18 heavy (non-hydrogen) atoms. The molecule has 2 rings (SSSR count). The Kier molecular flexibility index (Phi) is 3.88. The zero-order valence-electron chi connectivity index (χ0n) is 9.84. The smallest absolute Gasteiger partial charge is 0.269 e. The molecule has 0 aliphatic heterocycles. The molecule has 94 valence electrons. The minimum absolute atomic E-state index is 0.0439. The number of H-pyrrole nitrogens is 1. The van der Waals surface area contributed by atoms with E-state index < -0.39 is 0 Å². The molecule has 5 nitrogen and oxygen atoms in total. The van der Waals surface area contributed by atoms with Crippen LogP contribution in [0.2, 0.25) is 0 Å². The predicted octanol–water partition coefficient (Wildman–Crippen LogP) is 1.86. The second-order valence-electron chi connectivity index (χ2n) is 3.95. The Morgan fingerprint density at radius 3 is 2.94 bits per heavy atom. The molecule has 0 aliphatic carbocycles. The Morgan fingerprint density at radius 2 is 2.33 bits per heavy atom. The van der Waals surface area contributed by atoms with Gasteiger partial charge >= 0.3 is 0 Å². The summed E-state index contributed by atoms with van der Waals surface area (Å²) in [4.78, 5) is 24.2. The van der Waals surface area contributed by atoms with Crippen LogP contribution in [0.25, 0.3) is 0 Å². The Hall–Kier alpha value is -1.95. The summed E-state index contributed by atoms with van der Waals surface area (Å²) in [5.74, 6) is -0.207. The number of thiophene rings is 1. The lowest BCUT2D eigenvalue weighted by atomic mass is 10.1. The van der Waals surface area contributed by atoms with Gasteiger partial charge in [-0.3, -0.25) is 14.7 Å². The molecule has 0 saturated heterocycles. The van der Waals surface area contributed by atoms with E-state index in [2.05, 4.69) is 15.5 Å². The summed E-state index contributed by atoms with van der Waals surface area (Å²) in [6.07, 6.45) is 1.80. The average Bonchev–Trinajstić information content (AvgIpc) is 3.02. The fourth-order valence-electron chi connectivity index (χ4n) is 1.55. The van der Waals surface area contributed by atoms with Crippen molar-refractivity contribution in [3.8, 4) is 0 Å². The van der Waals surface area contributed by atoms with E-state index in [4.69, 9.17) is 0 Å². The van der Waals surface area contributed by atoms with Gasteiger partial charge in [-0.2, -0.15) is 5.10 Å². The number of hydrogen-bond acceptors (Lipinski definition) is 4. The summed E-state index contributed by atoms with van der Waals surface area (Å²) in [5.41, 5.74) is 0.394. The molecule has 0 aliphatic rings. The molecular weight excluding hydrogens is 250 g/mol. The molecule has 2 N–H and O–H groups in total. The first kappa shape index (κ1) is 12.5. The monoisotopic (exact) mass is 263 g/mol. The molecule has 0 spiro atoms. The predicted molar refractivity (Wildman–Crippen MR) is 68.8 cm³/mol. The maximum absolute atomic E-state index is 11.8. The van der Waals surface area contributed by atoms with Crippen LogP contribution in [0.5, 0.6) is 0 Å². The van der Waals surface area contributed by atoms with Crippen LogP contribution in [0.4, 0.5) is 0 Å². The maximum Gasteiger partial charge on any atom is 0.269 e. The highest BCUT2D eigenvalue weighted by Crippen LogP contribution is 2.12. The third-order valence-electron chi connectivity index (χ3n) is 2.41. The molecule has 0 radical (unpaired) electrons. The highest BCUT2D eigenvalue weighted by atomic mass is 32.1. The molecule has 2 aromatic heterocycles.